The van der Waals surface area contributed by atoms with E-state index in [9.17, 15) is 0 Å². The lowest BCUT2D eigenvalue weighted by Gasteiger charge is -2.21. The molecule has 3 aromatic rings. The molecule has 3 heterocycles. The largest absolute Gasteiger partial charge is 0.441 e. The first-order chi connectivity index (χ1) is 11.3. The number of hydrogen-bond donors (Lipinski definition) is 0. The van der Waals surface area contributed by atoms with Gasteiger partial charge in [-0.3, -0.25) is 4.90 Å². The molecule has 5 nitrogen and oxygen atoms in total. The van der Waals surface area contributed by atoms with Crippen LogP contribution in [0.25, 0.3) is 11.1 Å². The van der Waals surface area contributed by atoms with Crippen LogP contribution in [0.5, 0.6) is 0 Å². The highest BCUT2D eigenvalue weighted by Gasteiger charge is 2.28. The van der Waals surface area contributed by atoms with E-state index in [-0.39, 0.29) is 0 Å². The Hall–Kier alpha value is -2.14. The molecule has 0 radical (unpaired) electrons. The molecule has 0 amide bonds. The van der Waals surface area contributed by atoms with Crippen LogP contribution in [0.1, 0.15) is 42.6 Å². The Morgan fingerprint density at radius 1 is 1.30 bits per heavy atom. The van der Waals surface area contributed by atoms with E-state index in [2.05, 4.69) is 21.1 Å². The quantitative estimate of drug-likeness (QED) is 0.715. The Morgan fingerprint density at radius 2 is 2.22 bits per heavy atom. The summed E-state index contributed by atoms with van der Waals surface area (Å²) < 4.78 is 11.2. The molecule has 0 aliphatic carbocycles. The molecule has 0 unspecified atom stereocenters. The molecule has 1 aromatic carbocycles. The van der Waals surface area contributed by atoms with Crippen molar-refractivity contribution in [2.24, 2.45) is 0 Å². The third kappa shape index (κ3) is 3.01. The number of benzene rings is 1. The zero-order chi connectivity index (χ0) is 15.6. The summed E-state index contributed by atoms with van der Waals surface area (Å²) in [6.45, 7) is 4.13. The van der Waals surface area contributed by atoms with Crippen LogP contribution in [0.4, 0.5) is 0 Å². The normalized spacial score (nSPS) is 18.9. The van der Waals surface area contributed by atoms with Crippen molar-refractivity contribution in [2.45, 2.75) is 38.6 Å². The molecule has 1 aliphatic heterocycles. The second kappa shape index (κ2) is 6.16. The van der Waals surface area contributed by atoms with Crippen LogP contribution in [0.2, 0.25) is 0 Å². The van der Waals surface area contributed by atoms with Crippen LogP contribution >= 0.6 is 0 Å². The Kier molecular flexibility index (Phi) is 3.87. The molecular formula is C18H21N3O2. The number of likely N-dealkylation sites (tertiary alicyclic amines) is 1. The van der Waals surface area contributed by atoms with Crippen molar-refractivity contribution in [3.8, 4) is 0 Å². The fraction of sp³-hybridized carbons (Fsp3) is 0.444. The highest BCUT2D eigenvalue weighted by Crippen LogP contribution is 2.32. The highest BCUT2D eigenvalue weighted by molar-refractivity contribution is 5.72. The van der Waals surface area contributed by atoms with E-state index in [1.165, 1.54) is 6.42 Å². The van der Waals surface area contributed by atoms with Crippen molar-refractivity contribution < 1.29 is 8.94 Å². The minimum absolute atomic E-state index is 0.375. The zero-order valence-electron chi connectivity index (χ0n) is 13.4. The van der Waals surface area contributed by atoms with Crippen LogP contribution in [0, 0.1) is 6.92 Å². The molecule has 0 spiro atoms. The molecule has 5 heteroatoms. The molecule has 0 N–H and O–H groups in total. The van der Waals surface area contributed by atoms with E-state index in [1.807, 2.05) is 31.2 Å². The van der Waals surface area contributed by atoms with Crippen molar-refractivity contribution in [2.75, 3.05) is 13.1 Å². The second-order valence-corrected chi connectivity index (χ2v) is 6.24. The fourth-order valence-corrected chi connectivity index (χ4v) is 3.42. The van der Waals surface area contributed by atoms with Crippen LogP contribution in [-0.4, -0.2) is 28.1 Å². The van der Waals surface area contributed by atoms with E-state index in [0.29, 0.717) is 6.04 Å². The summed E-state index contributed by atoms with van der Waals surface area (Å²) in [4.78, 5) is 7.03. The third-order valence-corrected chi connectivity index (χ3v) is 4.51. The SMILES string of the molecule is Cc1cc([C@H]2CCCN2CCCc2nc3ccccc3o2)on1. The van der Waals surface area contributed by atoms with Gasteiger partial charge in [-0.25, -0.2) is 4.98 Å². The topological polar surface area (TPSA) is 55.3 Å². The third-order valence-electron chi connectivity index (χ3n) is 4.51. The van der Waals surface area contributed by atoms with Gasteiger partial charge in [0.15, 0.2) is 17.2 Å². The van der Waals surface area contributed by atoms with Crippen molar-refractivity contribution in [1.29, 1.82) is 0 Å². The number of oxazole rings is 1. The zero-order valence-corrected chi connectivity index (χ0v) is 13.4. The van der Waals surface area contributed by atoms with Crippen molar-refractivity contribution in [1.82, 2.24) is 15.0 Å². The van der Waals surface area contributed by atoms with Gasteiger partial charge in [-0.2, -0.15) is 0 Å². The number of para-hydroxylation sites is 2. The molecule has 0 saturated carbocycles. The van der Waals surface area contributed by atoms with Gasteiger partial charge in [0.1, 0.15) is 5.52 Å². The maximum Gasteiger partial charge on any atom is 0.195 e. The Labute approximate surface area is 135 Å². The Morgan fingerprint density at radius 3 is 3.04 bits per heavy atom. The lowest BCUT2D eigenvalue weighted by atomic mass is 10.1. The van der Waals surface area contributed by atoms with Gasteiger partial charge in [0.25, 0.3) is 0 Å². The van der Waals surface area contributed by atoms with E-state index in [4.69, 9.17) is 8.94 Å². The average Bonchev–Trinajstić information content (AvgIpc) is 3.25. The molecule has 1 fully saturated rings. The summed E-state index contributed by atoms with van der Waals surface area (Å²) in [5, 5.41) is 4.02. The highest BCUT2D eigenvalue weighted by atomic mass is 16.5. The summed E-state index contributed by atoms with van der Waals surface area (Å²) in [5.41, 5.74) is 2.77. The monoisotopic (exact) mass is 311 g/mol. The molecule has 4 rings (SSSR count). The second-order valence-electron chi connectivity index (χ2n) is 6.24. The van der Waals surface area contributed by atoms with Crippen molar-refractivity contribution >= 4 is 11.1 Å². The Balaban J connectivity index is 1.36. The Bertz CT molecular complexity index is 759. The van der Waals surface area contributed by atoms with Gasteiger partial charge in [-0.15, -0.1) is 0 Å². The van der Waals surface area contributed by atoms with Gasteiger partial charge < -0.3 is 8.94 Å². The molecule has 120 valence electrons. The standard InChI is InChI=1S/C18H21N3O2/c1-13-12-17(23-20-13)15-7-4-10-21(15)11-5-9-18-19-14-6-2-3-8-16(14)22-18/h2-3,6,8,12,15H,4-5,7,9-11H2,1H3/t15-/m1/s1. The molecular weight excluding hydrogens is 290 g/mol. The first-order valence-electron chi connectivity index (χ1n) is 8.31. The number of hydrogen-bond acceptors (Lipinski definition) is 5. The summed E-state index contributed by atoms with van der Waals surface area (Å²) in [6, 6.07) is 10.4. The average molecular weight is 311 g/mol. The summed E-state index contributed by atoms with van der Waals surface area (Å²) in [6.07, 6.45) is 4.27. The van der Waals surface area contributed by atoms with Crippen LogP contribution in [0.15, 0.2) is 39.3 Å². The van der Waals surface area contributed by atoms with Gasteiger partial charge >= 0.3 is 0 Å². The van der Waals surface area contributed by atoms with Crippen molar-refractivity contribution in [3.63, 3.8) is 0 Å². The number of nitrogens with zero attached hydrogens (tertiary/aromatic N) is 3. The summed E-state index contributed by atoms with van der Waals surface area (Å²) in [7, 11) is 0. The van der Waals surface area contributed by atoms with Crippen molar-refractivity contribution in [3.05, 3.63) is 47.7 Å². The van der Waals surface area contributed by atoms with Gasteiger partial charge in [-0.1, -0.05) is 17.3 Å². The molecule has 2 aromatic heterocycles. The molecule has 23 heavy (non-hydrogen) atoms. The van der Waals surface area contributed by atoms with Gasteiger partial charge in [0.05, 0.1) is 11.7 Å². The van der Waals surface area contributed by atoms with Gasteiger partial charge in [0.2, 0.25) is 0 Å². The predicted molar refractivity (Wildman–Crippen MR) is 87.1 cm³/mol. The first-order valence-corrected chi connectivity index (χ1v) is 8.31. The molecule has 0 bridgehead atoms. The minimum Gasteiger partial charge on any atom is -0.441 e. The van der Waals surface area contributed by atoms with E-state index >= 15 is 0 Å². The van der Waals surface area contributed by atoms with Crippen LogP contribution < -0.4 is 0 Å². The number of rotatable bonds is 5. The minimum atomic E-state index is 0.375. The molecule has 1 atom stereocenters. The number of aryl methyl sites for hydroxylation is 2. The number of fused-ring (bicyclic) bond motifs is 1. The predicted octanol–water partition coefficient (Wildman–Crippen LogP) is 3.89. The maximum absolute atomic E-state index is 5.79. The van der Waals surface area contributed by atoms with E-state index in [0.717, 1.165) is 60.8 Å². The van der Waals surface area contributed by atoms with Crippen LogP contribution in [-0.2, 0) is 6.42 Å². The molecule has 1 aliphatic rings. The number of aromatic nitrogens is 2. The lowest BCUT2D eigenvalue weighted by molar-refractivity contribution is 0.210. The van der Waals surface area contributed by atoms with Gasteiger partial charge in [0, 0.05) is 12.5 Å². The maximum atomic E-state index is 5.79. The smallest absolute Gasteiger partial charge is 0.195 e. The lowest BCUT2D eigenvalue weighted by Crippen LogP contribution is -2.24. The van der Waals surface area contributed by atoms with E-state index in [1.54, 1.807) is 0 Å². The summed E-state index contributed by atoms with van der Waals surface area (Å²) >= 11 is 0. The van der Waals surface area contributed by atoms with Crippen LogP contribution in [0.3, 0.4) is 0 Å². The van der Waals surface area contributed by atoms with Gasteiger partial charge in [-0.05, 0) is 51.4 Å². The molecule has 1 saturated heterocycles. The van der Waals surface area contributed by atoms with E-state index < -0.39 is 0 Å². The first kappa shape index (κ1) is 14.5. The summed E-state index contributed by atoms with van der Waals surface area (Å²) in [5.74, 6) is 1.83. The fourth-order valence-electron chi connectivity index (χ4n) is 3.42.